The van der Waals surface area contributed by atoms with Crippen LogP contribution in [0, 0.1) is 0 Å². The van der Waals surface area contributed by atoms with Crippen molar-refractivity contribution in [1.29, 1.82) is 0 Å². The normalized spacial score (nSPS) is 21.4. The molecule has 0 saturated carbocycles. The highest BCUT2D eigenvalue weighted by molar-refractivity contribution is 6.39. The third-order valence-electron chi connectivity index (χ3n) is 1.51. The van der Waals surface area contributed by atoms with Gasteiger partial charge in [0.1, 0.15) is 0 Å². The minimum Gasteiger partial charge on any atom is -0.0778 e. The first-order valence-electron chi connectivity index (χ1n) is 2.66. The molecule has 1 aliphatic rings. The molecule has 0 bridgehead atoms. The fourth-order valence-corrected chi connectivity index (χ4v) is 2.22. The van der Waals surface area contributed by atoms with Crippen LogP contribution in [0.3, 0.4) is 0 Å². The van der Waals surface area contributed by atoms with Gasteiger partial charge in [-0.15, -0.1) is 0 Å². The molecule has 0 saturated heterocycles. The van der Waals surface area contributed by atoms with Crippen LogP contribution in [0.5, 0.6) is 0 Å². The maximum Gasteiger partial charge on any atom is 0.0469 e. The molecule has 0 aromatic carbocycles. The zero-order valence-corrected chi connectivity index (χ0v) is 5.91. The highest BCUT2D eigenvalue weighted by atomic mass is 28.2. The van der Waals surface area contributed by atoms with Gasteiger partial charge in [-0.05, 0) is 25.9 Å². The topological polar surface area (TPSA) is 0 Å². The monoisotopic (exact) mass is 110 g/mol. The molecule has 38 valence electrons. The molecule has 0 N–H and O–H groups in total. The van der Waals surface area contributed by atoms with E-state index in [9.17, 15) is 0 Å². The van der Waals surface area contributed by atoms with Gasteiger partial charge in [-0.1, -0.05) is 11.1 Å². The lowest BCUT2D eigenvalue weighted by molar-refractivity contribution is 1.28. The van der Waals surface area contributed by atoms with Gasteiger partial charge < -0.3 is 0 Å². The second-order valence-corrected chi connectivity index (χ2v) is 3.37. The van der Waals surface area contributed by atoms with Crippen LogP contribution in [0.4, 0.5) is 0 Å². The highest BCUT2D eigenvalue weighted by Gasteiger charge is 2.04. The summed E-state index contributed by atoms with van der Waals surface area (Å²) in [4.78, 5) is 0. The van der Waals surface area contributed by atoms with E-state index in [4.69, 9.17) is 0 Å². The maximum atomic E-state index is 2.25. The van der Waals surface area contributed by atoms with Crippen molar-refractivity contribution in [3.63, 3.8) is 0 Å². The maximum absolute atomic E-state index is 2.25. The highest BCUT2D eigenvalue weighted by Crippen LogP contribution is 2.19. The molecule has 1 heterocycles. The molecule has 0 aromatic heterocycles. The SMILES string of the molecule is CC1=C(C)C[Si]C1. The first-order chi connectivity index (χ1) is 3.30. The van der Waals surface area contributed by atoms with Crippen LogP contribution in [0.2, 0.25) is 12.1 Å². The van der Waals surface area contributed by atoms with Crippen molar-refractivity contribution in [3.05, 3.63) is 11.1 Å². The standard InChI is InChI=1S/C6H10Si/c1-5-3-7-4-6(5)2/h3-4H2,1-2H3. The number of hydrogen-bond acceptors (Lipinski definition) is 0. The molecule has 1 heteroatoms. The van der Waals surface area contributed by atoms with Crippen LogP contribution >= 0.6 is 0 Å². The van der Waals surface area contributed by atoms with Gasteiger partial charge in [0.25, 0.3) is 0 Å². The Balaban J connectivity index is 2.64. The summed E-state index contributed by atoms with van der Waals surface area (Å²) in [5, 5.41) is 0. The van der Waals surface area contributed by atoms with Crippen molar-refractivity contribution in [2.75, 3.05) is 0 Å². The van der Waals surface area contributed by atoms with E-state index < -0.39 is 0 Å². The quantitative estimate of drug-likeness (QED) is 0.330. The van der Waals surface area contributed by atoms with Gasteiger partial charge in [0.2, 0.25) is 0 Å². The van der Waals surface area contributed by atoms with Crippen LogP contribution in [0.1, 0.15) is 13.8 Å². The fourth-order valence-electron chi connectivity index (χ4n) is 0.739. The molecule has 0 fully saturated rings. The largest absolute Gasteiger partial charge is 0.0778 e. The number of allylic oxidation sites excluding steroid dienone is 2. The van der Waals surface area contributed by atoms with Gasteiger partial charge in [0.15, 0.2) is 0 Å². The van der Waals surface area contributed by atoms with E-state index in [0.717, 1.165) is 0 Å². The Kier molecular flexibility index (Phi) is 1.33. The zero-order chi connectivity index (χ0) is 5.28. The lowest BCUT2D eigenvalue weighted by Gasteiger charge is -1.87. The van der Waals surface area contributed by atoms with E-state index in [1.807, 2.05) is 0 Å². The molecular weight excluding hydrogens is 100 g/mol. The molecule has 0 atom stereocenters. The molecular formula is C6H10Si. The molecule has 0 amide bonds. The molecule has 1 aliphatic heterocycles. The average Bonchev–Trinajstić information content (AvgIpc) is 1.91. The van der Waals surface area contributed by atoms with E-state index in [0.29, 0.717) is 0 Å². The summed E-state index contributed by atoms with van der Waals surface area (Å²) in [5.41, 5.74) is 3.27. The molecule has 0 aliphatic carbocycles. The minimum atomic E-state index is 1.20. The Bertz CT molecular complexity index is 90.7. The van der Waals surface area contributed by atoms with Crippen LogP contribution in [-0.2, 0) is 0 Å². The average molecular weight is 110 g/mol. The van der Waals surface area contributed by atoms with Crippen molar-refractivity contribution >= 4 is 9.52 Å². The van der Waals surface area contributed by atoms with Gasteiger partial charge in [0, 0.05) is 9.52 Å². The van der Waals surface area contributed by atoms with Crippen LogP contribution in [0.15, 0.2) is 11.1 Å². The van der Waals surface area contributed by atoms with Crippen LogP contribution in [-0.4, -0.2) is 9.52 Å². The third-order valence-corrected chi connectivity index (χ3v) is 3.07. The first-order valence-corrected chi connectivity index (χ1v) is 4.08. The van der Waals surface area contributed by atoms with Gasteiger partial charge in [-0.2, -0.15) is 0 Å². The summed E-state index contributed by atoms with van der Waals surface area (Å²) < 4.78 is 0. The summed E-state index contributed by atoms with van der Waals surface area (Å²) in [6.45, 7) is 4.49. The molecule has 0 nitrogen and oxygen atoms in total. The summed E-state index contributed by atoms with van der Waals surface area (Å²) in [5.74, 6) is 0. The second kappa shape index (κ2) is 1.82. The lowest BCUT2D eigenvalue weighted by Crippen LogP contribution is -1.74. The summed E-state index contributed by atoms with van der Waals surface area (Å²) in [6.07, 6.45) is 0. The molecule has 1 rings (SSSR count). The Labute approximate surface area is 47.4 Å². The Morgan fingerprint density at radius 3 is 1.71 bits per heavy atom. The number of rotatable bonds is 0. The zero-order valence-electron chi connectivity index (χ0n) is 4.91. The van der Waals surface area contributed by atoms with E-state index in [1.54, 1.807) is 11.1 Å². The second-order valence-electron chi connectivity index (χ2n) is 2.16. The summed E-state index contributed by atoms with van der Waals surface area (Å²) in [6, 6.07) is 2.76. The molecule has 0 unspecified atom stereocenters. The van der Waals surface area contributed by atoms with E-state index in [2.05, 4.69) is 13.8 Å². The third kappa shape index (κ3) is 0.941. The Morgan fingerprint density at radius 2 is 1.57 bits per heavy atom. The molecule has 2 radical (unpaired) electrons. The predicted molar refractivity (Wildman–Crippen MR) is 33.7 cm³/mol. The van der Waals surface area contributed by atoms with Gasteiger partial charge in [-0.25, -0.2) is 0 Å². The van der Waals surface area contributed by atoms with Crippen molar-refractivity contribution in [2.45, 2.75) is 25.9 Å². The smallest absolute Gasteiger partial charge is 0.0469 e. The van der Waals surface area contributed by atoms with E-state index in [1.165, 1.54) is 21.6 Å². The van der Waals surface area contributed by atoms with Gasteiger partial charge in [0.05, 0.1) is 0 Å². The van der Waals surface area contributed by atoms with Gasteiger partial charge in [-0.3, -0.25) is 0 Å². The molecule has 7 heavy (non-hydrogen) atoms. The van der Waals surface area contributed by atoms with E-state index in [-0.39, 0.29) is 0 Å². The molecule has 0 spiro atoms. The number of hydrogen-bond donors (Lipinski definition) is 0. The van der Waals surface area contributed by atoms with E-state index >= 15 is 0 Å². The summed E-state index contributed by atoms with van der Waals surface area (Å²) >= 11 is 0. The predicted octanol–water partition coefficient (Wildman–Crippen LogP) is 1.88. The minimum absolute atomic E-state index is 1.20. The summed E-state index contributed by atoms with van der Waals surface area (Å²) in [7, 11) is 1.20. The van der Waals surface area contributed by atoms with Crippen molar-refractivity contribution in [2.24, 2.45) is 0 Å². The van der Waals surface area contributed by atoms with Crippen molar-refractivity contribution in [3.8, 4) is 0 Å². The van der Waals surface area contributed by atoms with Crippen molar-refractivity contribution in [1.82, 2.24) is 0 Å². The Morgan fingerprint density at radius 1 is 1.14 bits per heavy atom. The fraction of sp³-hybridized carbons (Fsp3) is 0.667. The van der Waals surface area contributed by atoms with Crippen LogP contribution < -0.4 is 0 Å². The first kappa shape index (κ1) is 5.10. The van der Waals surface area contributed by atoms with Gasteiger partial charge >= 0.3 is 0 Å². The van der Waals surface area contributed by atoms with Crippen LogP contribution in [0.25, 0.3) is 0 Å². The van der Waals surface area contributed by atoms with Crippen molar-refractivity contribution < 1.29 is 0 Å². The lowest BCUT2D eigenvalue weighted by atomic mass is 10.2. The molecule has 0 aromatic rings. The Hall–Kier alpha value is -0.0431.